The van der Waals surface area contributed by atoms with Gasteiger partial charge in [0.25, 0.3) is 10.0 Å². The number of hydrogen-bond acceptors (Lipinski definition) is 6. The van der Waals surface area contributed by atoms with Gasteiger partial charge in [-0.3, -0.25) is 9.52 Å². The molecule has 3 aromatic carbocycles. The molecule has 42 heavy (non-hydrogen) atoms. The van der Waals surface area contributed by atoms with Gasteiger partial charge in [0.1, 0.15) is 0 Å². The Morgan fingerprint density at radius 1 is 0.905 bits per heavy atom. The Morgan fingerprint density at radius 3 is 1.95 bits per heavy atom. The van der Waals surface area contributed by atoms with E-state index in [1.54, 1.807) is 6.07 Å². The van der Waals surface area contributed by atoms with E-state index in [2.05, 4.69) is 21.8 Å². The average molecular weight is 607 g/mol. The first-order valence-electron chi connectivity index (χ1n) is 12.8. The van der Waals surface area contributed by atoms with Crippen molar-refractivity contribution in [1.29, 1.82) is 0 Å². The summed E-state index contributed by atoms with van der Waals surface area (Å²) in [6, 6.07) is 20.5. The monoisotopic (exact) mass is 606 g/mol. The Balaban J connectivity index is 0.000000616. The highest BCUT2D eigenvalue weighted by atomic mass is 32.2. The van der Waals surface area contributed by atoms with Gasteiger partial charge >= 0.3 is 18.1 Å². The largest absolute Gasteiger partial charge is 0.490 e. The molecule has 1 heterocycles. The van der Waals surface area contributed by atoms with Gasteiger partial charge in [0.2, 0.25) is 0 Å². The first kappa shape index (κ1) is 32.1. The van der Waals surface area contributed by atoms with Crippen LogP contribution in [0.3, 0.4) is 0 Å². The van der Waals surface area contributed by atoms with Crippen molar-refractivity contribution in [2.45, 2.75) is 37.3 Å². The molecule has 1 aliphatic heterocycles. The van der Waals surface area contributed by atoms with E-state index < -0.39 is 28.1 Å². The fourth-order valence-corrected chi connectivity index (χ4v) is 5.49. The minimum Gasteiger partial charge on any atom is -0.478 e. The molecule has 13 heteroatoms. The molecule has 0 unspecified atom stereocenters. The number of sulfonamides is 1. The number of piperidine rings is 1. The fourth-order valence-electron chi connectivity index (χ4n) is 4.42. The lowest BCUT2D eigenvalue weighted by Crippen LogP contribution is -2.35. The molecule has 9 nitrogen and oxygen atoms in total. The summed E-state index contributed by atoms with van der Waals surface area (Å²) < 4.78 is 60.5. The summed E-state index contributed by atoms with van der Waals surface area (Å²) in [5, 5.41) is 16.6. The molecule has 0 aromatic heterocycles. The number of carbonyl (C=O) groups is 3. The third kappa shape index (κ3) is 8.80. The normalized spacial score (nSPS) is 14.0. The van der Waals surface area contributed by atoms with Crippen molar-refractivity contribution >= 4 is 39.1 Å². The van der Waals surface area contributed by atoms with Gasteiger partial charge in [-0.25, -0.2) is 18.0 Å². The highest BCUT2D eigenvalue weighted by Gasteiger charge is 2.38. The lowest BCUT2D eigenvalue weighted by atomic mass is 9.90. The smallest absolute Gasteiger partial charge is 0.478 e. The van der Waals surface area contributed by atoms with Crippen LogP contribution in [0.4, 0.5) is 24.5 Å². The van der Waals surface area contributed by atoms with E-state index >= 15 is 0 Å². The zero-order valence-electron chi connectivity index (χ0n) is 22.5. The lowest BCUT2D eigenvalue weighted by molar-refractivity contribution is -0.192. The van der Waals surface area contributed by atoms with Crippen LogP contribution in [0.1, 0.15) is 46.0 Å². The number of nitrogens with one attached hydrogen (secondary N) is 1. The van der Waals surface area contributed by atoms with Crippen molar-refractivity contribution in [2.75, 3.05) is 22.7 Å². The van der Waals surface area contributed by atoms with E-state index in [9.17, 15) is 36.3 Å². The summed E-state index contributed by atoms with van der Waals surface area (Å²) in [5.41, 5.74) is 2.59. The van der Waals surface area contributed by atoms with Gasteiger partial charge in [-0.15, -0.1) is 0 Å². The quantitative estimate of drug-likeness (QED) is 0.286. The number of hydrogen-bond donors (Lipinski definition) is 3. The molecule has 1 aliphatic rings. The predicted molar refractivity (Wildman–Crippen MR) is 149 cm³/mol. The Hall–Kier alpha value is -4.39. The number of anilines is 2. The van der Waals surface area contributed by atoms with Crippen molar-refractivity contribution < 1.29 is 46.2 Å². The van der Waals surface area contributed by atoms with Crippen LogP contribution in [0.15, 0.2) is 77.7 Å². The Labute approximate surface area is 240 Å². The third-order valence-corrected chi connectivity index (χ3v) is 8.01. The van der Waals surface area contributed by atoms with E-state index in [4.69, 9.17) is 9.90 Å². The van der Waals surface area contributed by atoms with Crippen molar-refractivity contribution in [2.24, 2.45) is 5.92 Å². The lowest BCUT2D eigenvalue weighted by Gasteiger charge is -2.35. The zero-order valence-corrected chi connectivity index (χ0v) is 23.3. The fraction of sp³-hybridized carbons (Fsp3) is 0.276. The van der Waals surface area contributed by atoms with Crippen LogP contribution in [-0.4, -0.2) is 55.6 Å². The molecule has 0 bridgehead atoms. The highest BCUT2D eigenvalue weighted by molar-refractivity contribution is 7.92. The van der Waals surface area contributed by atoms with Crippen molar-refractivity contribution in [3.05, 3.63) is 89.5 Å². The number of rotatable bonds is 8. The molecule has 3 N–H and O–H groups in total. The number of aromatic carboxylic acids is 1. The molecule has 3 aromatic rings. The summed E-state index contributed by atoms with van der Waals surface area (Å²) >= 11 is 0. The minimum atomic E-state index is -5.08. The molecular weight excluding hydrogens is 577 g/mol. The van der Waals surface area contributed by atoms with Gasteiger partial charge < -0.3 is 15.1 Å². The number of nitrogens with zero attached hydrogens (tertiary/aromatic N) is 1. The number of aliphatic carboxylic acids is 1. The average Bonchev–Trinajstić information content (AvgIpc) is 2.94. The number of carboxylic acid groups (broad SMARTS) is 2. The van der Waals surface area contributed by atoms with Crippen LogP contribution in [0.5, 0.6) is 0 Å². The predicted octanol–water partition coefficient (Wildman–Crippen LogP) is 5.48. The summed E-state index contributed by atoms with van der Waals surface area (Å²) in [5.74, 6) is -3.52. The number of ketones is 1. The molecule has 0 amide bonds. The van der Waals surface area contributed by atoms with Crippen LogP contribution in [0, 0.1) is 5.92 Å². The first-order chi connectivity index (χ1) is 19.7. The van der Waals surface area contributed by atoms with E-state index in [0.29, 0.717) is 17.2 Å². The molecular formula is C29H29F3N2O7S. The van der Waals surface area contributed by atoms with Crippen molar-refractivity contribution in [1.82, 2.24) is 0 Å². The number of carbonyl (C=O) groups excluding carboxylic acids is 1. The Morgan fingerprint density at radius 2 is 1.45 bits per heavy atom. The van der Waals surface area contributed by atoms with Crippen LogP contribution in [0.2, 0.25) is 0 Å². The maximum Gasteiger partial charge on any atom is 0.490 e. The summed E-state index contributed by atoms with van der Waals surface area (Å²) in [6.45, 7) is 2.90. The number of Topliss-reactive ketones (excluding diaryl/α,β-unsaturated/α-hetero) is 1. The number of alkyl halides is 3. The number of halogens is 3. The summed E-state index contributed by atoms with van der Waals surface area (Å²) in [7, 11) is -3.99. The van der Waals surface area contributed by atoms with E-state index in [1.165, 1.54) is 48.9 Å². The molecule has 0 radical (unpaired) electrons. The molecule has 1 fully saturated rings. The molecule has 0 atom stereocenters. The third-order valence-electron chi connectivity index (χ3n) is 6.62. The Kier molecular flexibility index (Phi) is 10.3. The van der Waals surface area contributed by atoms with Gasteiger partial charge in [-0.2, -0.15) is 13.2 Å². The van der Waals surface area contributed by atoms with Gasteiger partial charge in [0.15, 0.2) is 5.78 Å². The van der Waals surface area contributed by atoms with Crippen LogP contribution in [-0.2, 0) is 21.2 Å². The van der Waals surface area contributed by atoms with Crippen LogP contribution in [0.25, 0.3) is 0 Å². The van der Waals surface area contributed by atoms with Crippen molar-refractivity contribution in [3.63, 3.8) is 0 Å². The Bertz CT molecular complexity index is 1520. The second-order valence-electron chi connectivity index (χ2n) is 9.65. The van der Waals surface area contributed by atoms with E-state index in [0.717, 1.165) is 32.4 Å². The zero-order chi connectivity index (χ0) is 31.1. The molecule has 0 spiro atoms. The molecule has 0 aliphatic carbocycles. The van der Waals surface area contributed by atoms with Gasteiger partial charge in [0, 0.05) is 18.7 Å². The van der Waals surface area contributed by atoms with Crippen molar-refractivity contribution in [3.8, 4) is 0 Å². The van der Waals surface area contributed by atoms with E-state index in [1.807, 2.05) is 18.2 Å². The summed E-state index contributed by atoms with van der Waals surface area (Å²) in [6.07, 6.45) is -2.18. The summed E-state index contributed by atoms with van der Waals surface area (Å²) in [4.78, 5) is 34.1. The number of carboxylic acids is 2. The molecule has 4 rings (SSSR count). The molecule has 224 valence electrons. The first-order valence-corrected chi connectivity index (χ1v) is 14.3. The maximum absolute atomic E-state index is 13.1. The van der Waals surface area contributed by atoms with Crippen LogP contribution >= 0.6 is 0 Å². The van der Waals surface area contributed by atoms with Gasteiger partial charge in [-0.1, -0.05) is 42.5 Å². The second-order valence-corrected chi connectivity index (χ2v) is 11.3. The number of benzene rings is 3. The minimum absolute atomic E-state index is 0.00246. The molecule has 1 saturated heterocycles. The molecule has 0 saturated carbocycles. The SMILES string of the molecule is CC(=O)c1ccc(S(=O)(=O)Nc2cc(C(=O)O)ccc2N2CCC(Cc3ccccc3)CC2)cc1.O=C(O)C(F)(F)F. The highest BCUT2D eigenvalue weighted by Crippen LogP contribution is 2.33. The van der Waals surface area contributed by atoms with Crippen LogP contribution < -0.4 is 9.62 Å². The topological polar surface area (TPSA) is 141 Å². The second kappa shape index (κ2) is 13.5. The standard InChI is InChI=1S/C27H28N2O5S.C2HF3O2/c1-19(30)22-7-10-24(11-8-22)35(33,34)28-25-18-23(27(31)32)9-12-26(25)29-15-13-21(14-16-29)17-20-5-3-2-4-6-20;3-2(4,5)1(6)7/h2-12,18,21,28H,13-17H2,1H3,(H,31,32);(H,6,7). The van der Waals surface area contributed by atoms with Gasteiger partial charge in [-0.05, 0) is 68.0 Å². The van der Waals surface area contributed by atoms with Gasteiger partial charge in [0.05, 0.1) is 21.8 Å². The van der Waals surface area contributed by atoms with E-state index in [-0.39, 0.29) is 21.9 Å². The maximum atomic E-state index is 13.1.